The molecule has 8 nitrogen and oxygen atoms in total. The highest BCUT2D eigenvalue weighted by Crippen LogP contribution is 2.18. The summed E-state index contributed by atoms with van der Waals surface area (Å²) in [6.45, 7) is 7.78. The number of nitrogens with zero attached hydrogens (tertiary/aromatic N) is 2. The number of rotatable bonds is 11. The predicted molar refractivity (Wildman–Crippen MR) is 103 cm³/mol. The van der Waals surface area contributed by atoms with Gasteiger partial charge in [0.2, 0.25) is 5.91 Å². The predicted octanol–water partition coefficient (Wildman–Crippen LogP) is 1.58. The summed E-state index contributed by atoms with van der Waals surface area (Å²) in [6, 6.07) is 0. The highest BCUT2D eigenvalue weighted by molar-refractivity contribution is 5.86. The number of likely N-dealkylation sites (tertiary alicyclic amines) is 1. The number of aliphatic carboxylic acids is 1. The van der Waals surface area contributed by atoms with Crippen LogP contribution in [-0.2, 0) is 9.59 Å². The number of carboxylic acids is 1. The fraction of sp³-hybridized carbons (Fsp3) is 0.895. The van der Waals surface area contributed by atoms with Gasteiger partial charge in [0.25, 0.3) is 0 Å². The first-order valence-corrected chi connectivity index (χ1v) is 9.93. The van der Waals surface area contributed by atoms with Gasteiger partial charge >= 0.3 is 5.97 Å². The van der Waals surface area contributed by atoms with Crippen molar-refractivity contribution in [2.75, 3.05) is 13.1 Å². The highest BCUT2D eigenvalue weighted by Gasteiger charge is 2.33. The van der Waals surface area contributed by atoms with Crippen molar-refractivity contribution >= 4 is 11.9 Å². The molecule has 1 saturated heterocycles. The van der Waals surface area contributed by atoms with Gasteiger partial charge in [0.1, 0.15) is 18.7 Å². The number of carboxylic acid groups (broad SMARTS) is 1. The Morgan fingerprint density at radius 3 is 1.89 bits per heavy atom. The summed E-state index contributed by atoms with van der Waals surface area (Å²) in [4.78, 5) is 25.2. The quantitative estimate of drug-likeness (QED) is 0.312. The van der Waals surface area contributed by atoms with Gasteiger partial charge in [-0.2, -0.15) is 0 Å². The Morgan fingerprint density at radius 1 is 1.04 bits per heavy atom. The van der Waals surface area contributed by atoms with E-state index in [1.807, 2.05) is 0 Å². The van der Waals surface area contributed by atoms with Gasteiger partial charge in [-0.1, -0.05) is 39.0 Å². The molecule has 0 aromatic heterocycles. The largest absolute Gasteiger partial charge is 0.481 e. The van der Waals surface area contributed by atoms with Crippen LogP contribution in [0.15, 0.2) is 0 Å². The molecule has 1 amide bonds. The summed E-state index contributed by atoms with van der Waals surface area (Å²) < 4.78 is 0. The third-order valence-corrected chi connectivity index (χ3v) is 4.64. The number of carbonyl (C=O) groups excluding carboxylic acids is 1. The standard InChI is InChI=1S/C13H23NO3.C6H15NO3/c1-2-3-4-5-6-7-8-14-10-11(13(16)17)9-12(14)15;1-4(8)7(5(2)9)6(3)10/h11H,2-10H2,1H3,(H,16,17);4-6,8-10H,1-3H3. The minimum Gasteiger partial charge on any atom is -0.481 e. The zero-order chi connectivity index (χ0) is 21.0. The molecule has 1 rings (SSSR count). The Morgan fingerprint density at radius 2 is 1.52 bits per heavy atom. The first kappa shape index (κ1) is 25.8. The van der Waals surface area contributed by atoms with E-state index in [-0.39, 0.29) is 12.3 Å². The molecule has 0 aromatic carbocycles. The molecule has 0 bridgehead atoms. The topological polar surface area (TPSA) is 122 Å². The number of unbranched alkanes of at least 4 members (excludes halogenated alkanes) is 5. The molecule has 4 atom stereocenters. The van der Waals surface area contributed by atoms with E-state index in [1.165, 1.54) is 51.4 Å². The van der Waals surface area contributed by atoms with Gasteiger partial charge in [0, 0.05) is 19.5 Å². The highest BCUT2D eigenvalue weighted by atomic mass is 16.4. The van der Waals surface area contributed by atoms with Gasteiger partial charge in [-0.15, -0.1) is 0 Å². The van der Waals surface area contributed by atoms with E-state index in [2.05, 4.69) is 6.92 Å². The molecule has 0 aromatic rings. The molecule has 1 fully saturated rings. The molecule has 0 saturated carbocycles. The minimum atomic E-state index is -0.844. The number of hydrogen-bond acceptors (Lipinski definition) is 6. The number of hydrogen-bond donors (Lipinski definition) is 4. The van der Waals surface area contributed by atoms with Crippen LogP contribution in [-0.4, -0.2) is 73.9 Å². The lowest BCUT2D eigenvalue weighted by atomic mass is 10.1. The monoisotopic (exact) mass is 390 g/mol. The molecular weight excluding hydrogens is 352 g/mol. The molecule has 4 unspecified atom stereocenters. The van der Waals surface area contributed by atoms with Crippen LogP contribution in [0, 0.1) is 5.92 Å². The zero-order valence-corrected chi connectivity index (χ0v) is 17.2. The summed E-state index contributed by atoms with van der Waals surface area (Å²) in [5.41, 5.74) is 0. The van der Waals surface area contributed by atoms with E-state index in [1.54, 1.807) is 4.90 Å². The van der Waals surface area contributed by atoms with Crippen molar-refractivity contribution in [1.29, 1.82) is 0 Å². The summed E-state index contributed by atoms with van der Waals surface area (Å²) in [6.07, 6.45) is 4.84. The van der Waals surface area contributed by atoms with Gasteiger partial charge in [0.05, 0.1) is 5.92 Å². The minimum absolute atomic E-state index is 0.00552. The molecule has 8 heteroatoms. The van der Waals surface area contributed by atoms with Gasteiger partial charge < -0.3 is 25.3 Å². The molecule has 27 heavy (non-hydrogen) atoms. The Bertz CT molecular complexity index is 409. The fourth-order valence-corrected chi connectivity index (χ4v) is 3.17. The average Bonchev–Trinajstić information content (AvgIpc) is 2.91. The summed E-state index contributed by atoms with van der Waals surface area (Å²) in [5.74, 6) is -1.32. The van der Waals surface area contributed by atoms with Crippen LogP contribution in [0.2, 0.25) is 0 Å². The third kappa shape index (κ3) is 10.6. The second-order valence-electron chi connectivity index (χ2n) is 7.19. The number of aliphatic hydroxyl groups excluding tert-OH is 3. The third-order valence-electron chi connectivity index (χ3n) is 4.64. The molecule has 1 aliphatic heterocycles. The average molecular weight is 391 g/mol. The van der Waals surface area contributed by atoms with Gasteiger partial charge in [0.15, 0.2) is 0 Å². The van der Waals surface area contributed by atoms with Crippen LogP contribution in [0.4, 0.5) is 0 Å². The number of carbonyl (C=O) groups is 2. The van der Waals surface area contributed by atoms with Crippen LogP contribution >= 0.6 is 0 Å². The van der Waals surface area contributed by atoms with Crippen molar-refractivity contribution < 1.29 is 30.0 Å². The Kier molecular flexibility index (Phi) is 13.2. The lowest BCUT2D eigenvalue weighted by Gasteiger charge is -2.30. The van der Waals surface area contributed by atoms with E-state index in [4.69, 9.17) is 20.4 Å². The molecule has 1 heterocycles. The summed E-state index contributed by atoms with van der Waals surface area (Å²) in [7, 11) is 0. The first-order valence-electron chi connectivity index (χ1n) is 9.93. The maximum atomic E-state index is 11.5. The van der Waals surface area contributed by atoms with Crippen molar-refractivity contribution in [1.82, 2.24) is 9.80 Å². The van der Waals surface area contributed by atoms with E-state index < -0.39 is 30.6 Å². The van der Waals surface area contributed by atoms with Crippen molar-refractivity contribution in [3.05, 3.63) is 0 Å². The fourth-order valence-electron chi connectivity index (χ4n) is 3.17. The first-order chi connectivity index (χ1) is 12.6. The Labute approximate surface area is 162 Å². The van der Waals surface area contributed by atoms with Crippen LogP contribution in [0.1, 0.15) is 72.6 Å². The van der Waals surface area contributed by atoms with Gasteiger partial charge in [-0.3, -0.25) is 9.59 Å². The maximum Gasteiger partial charge on any atom is 0.308 e. The van der Waals surface area contributed by atoms with Gasteiger partial charge in [-0.05, 0) is 27.2 Å². The second-order valence-corrected chi connectivity index (χ2v) is 7.19. The Balaban J connectivity index is 0.000000580. The summed E-state index contributed by atoms with van der Waals surface area (Å²) in [5, 5.41) is 35.7. The van der Waals surface area contributed by atoms with E-state index >= 15 is 0 Å². The molecular formula is C19H38N2O6. The van der Waals surface area contributed by atoms with Crippen LogP contribution < -0.4 is 0 Å². The van der Waals surface area contributed by atoms with Crippen LogP contribution in [0.3, 0.4) is 0 Å². The van der Waals surface area contributed by atoms with Gasteiger partial charge in [-0.25, -0.2) is 4.90 Å². The molecule has 1 aliphatic rings. The molecule has 4 N–H and O–H groups in total. The van der Waals surface area contributed by atoms with Crippen molar-refractivity contribution in [3.63, 3.8) is 0 Å². The van der Waals surface area contributed by atoms with E-state index in [0.29, 0.717) is 6.54 Å². The SMILES string of the molecule is CC(O)N(C(C)O)C(C)O.CCCCCCCCN1CC(C(=O)O)CC1=O. The lowest BCUT2D eigenvalue weighted by molar-refractivity contribution is -0.159. The molecule has 160 valence electrons. The van der Waals surface area contributed by atoms with Crippen molar-refractivity contribution in [2.45, 2.75) is 91.3 Å². The summed E-state index contributed by atoms with van der Waals surface area (Å²) >= 11 is 0. The lowest BCUT2D eigenvalue weighted by Crippen LogP contribution is -2.45. The van der Waals surface area contributed by atoms with Crippen LogP contribution in [0.5, 0.6) is 0 Å². The number of amides is 1. The van der Waals surface area contributed by atoms with Crippen molar-refractivity contribution in [2.24, 2.45) is 5.92 Å². The molecule has 0 spiro atoms. The number of aliphatic hydroxyl groups is 3. The molecule has 0 aliphatic carbocycles. The normalized spacial score (nSPS) is 20.2. The van der Waals surface area contributed by atoms with Crippen molar-refractivity contribution in [3.8, 4) is 0 Å². The van der Waals surface area contributed by atoms with E-state index in [0.717, 1.165) is 19.4 Å². The van der Waals surface area contributed by atoms with E-state index in [9.17, 15) is 9.59 Å². The smallest absolute Gasteiger partial charge is 0.308 e. The maximum absolute atomic E-state index is 11.5. The Hall–Kier alpha value is -1.22. The second kappa shape index (κ2) is 13.9. The molecule has 0 radical (unpaired) electrons. The van der Waals surface area contributed by atoms with Crippen LogP contribution in [0.25, 0.3) is 0 Å². The zero-order valence-electron chi connectivity index (χ0n) is 17.2.